The molecule has 0 aromatic heterocycles. The standard InChI is InChI=1S/C12H16N4O/c1-10(11-8-15-9-11)12(17)16(6-2-4-13)7-3-5-14/h15H,2-3,6-9H2,1H3. The van der Waals surface area contributed by atoms with E-state index in [0.29, 0.717) is 25.9 Å². The summed E-state index contributed by atoms with van der Waals surface area (Å²) in [6, 6.07) is 4.04. The molecule has 5 nitrogen and oxygen atoms in total. The van der Waals surface area contributed by atoms with Crippen LogP contribution in [0.2, 0.25) is 0 Å². The number of hydrogen-bond acceptors (Lipinski definition) is 4. The van der Waals surface area contributed by atoms with Crippen LogP contribution in [-0.2, 0) is 4.79 Å². The van der Waals surface area contributed by atoms with Crippen LogP contribution in [0.15, 0.2) is 11.1 Å². The summed E-state index contributed by atoms with van der Waals surface area (Å²) < 4.78 is 0. The van der Waals surface area contributed by atoms with Crippen LogP contribution in [0.1, 0.15) is 19.8 Å². The Hall–Kier alpha value is -1.85. The maximum absolute atomic E-state index is 12.1. The first-order chi connectivity index (χ1) is 8.20. The fourth-order valence-corrected chi connectivity index (χ4v) is 1.59. The molecule has 1 saturated heterocycles. The number of hydrogen-bond donors (Lipinski definition) is 1. The van der Waals surface area contributed by atoms with Crippen molar-refractivity contribution >= 4 is 5.91 Å². The molecule has 1 fully saturated rings. The van der Waals surface area contributed by atoms with E-state index in [1.807, 2.05) is 19.1 Å². The van der Waals surface area contributed by atoms with Gasteiger partial charge in [0.1, 0.15) is 0 Å². The second-order valence-corrected chi connectivity index (χ2v) is 3.94. The molecule has 0 aromatic rings. The number of carbonyl (C=O) groups is 1. The van der Waals surface area contributed by atoms with E-state index in [4.69, 9.17) is 10.5 Å². The smallest absolute Gasteiger partial charge is 0.249 e. The van der Waals surface area contributed by atoms with Crippen LogP contribution in [0.3, 0.4) is 0 Å². The fraction of sp³-hybridized carbons (Fsp3) is 0.583. The summed E-state index contributed by atoms with van der Waals surface area (Å²) in [5.41, 5.74) is 1.87. The van der Waals surface area contributed by atoms with E-state index in [9.17, 15) is 4.79 Å². The Labute approximate surface area is 101 Å². The number of nitrogens with zero attached hydrogens (tertiary/aromatic N) is 3. The van der Waals surface area contributed by atoms with Gasteiger partial charge in [0.25, 0.3) is 0 Å². The zero-order valence-electron chi connectivity index (χ0n) is 9.99. The highest BCUT2D eigenvalue weighted by atomic mass is 16.2. The van der Waals surface area contributed by atoms with Crippen LogP contribution in [0.25, 0.3) is 0 Å². The highest BCUT2D eigenvalue weighted by Gasteiger charge is 2.20. The quantitative estimate of drug-likeness (QED) is 0.702. The molecule has 0 saturated carbocycles. The molecule has 0 spiro atoms. The molecule has 0 aromatic carbocycles. The van der Waals surface area contributed by atoms with E-state index < -0.39 is 0 Å². The first kappa shape index (κ1) is 13.2. The Morgan fingerprint density at radius 1 is 1.29 bits per heavy atom. The van der Waals surface area contributed by atoms with E-state index in [1.165, 1.54) is 0 Å². The second-order valence-electron chi connectivity index (χ2n) is 3.94. The molecule has 0 unspecified atom stereocenters. The fourth-order valence-electron chi connectivity index (χ4n) is 1.59. The highest BCUT2D eigenvalue weighted by molar-refractivity contribution is 5.94. The minimum atomic E-state index is -0.0491. The average molecular weight is 232 g/mol. The molecule has 1 rings (SSSR count). The Morgan fingerprint density at radius 3 is 2.18 bits per heavy atom. The lowest BCUT2D eigenvalue weighted by atomic mass is 10.0. The van der Waals surface area contributed by atoms with E-state index in [-0.39, 0.29) is 5.91 Å². The van der Waals surface area contributed by atoms with E-state index >= 15 is 0 Å². The summed E-state index contributed by atoms with van der Waals surface area (Å²) in [5, 5.41) is 20.2. The molecule has 1 N–H and O–H groups in total. The van der Waals surface area contributed by atoms with Gasteiger partial charge in [-0.3, -0.25) is 4.79 Å². The zero-order chi connectivity index (χ0) is 12.7. The maximum Gasteiger partial charge on any atom is 0.249 e. The third kappa shape index (κ3) is 3.58. The molecular weight excluding hydrogens is 216 g/mol. The highest BCUT2D eigenvalue weighted by Crippen LogP contribution is 2.12. The first-order valence-electron chi connectivity index (χ1n) is 5.63. The van der Waals surface area contributed by atoms with Crippen molar-refractivity contribution in [2.24, 2.45) is 0 Å². The molecular formula is C12H16N4O. The zero-order valence-corrected chi connectivity index (χ0v) is 9.99. The molecule has 0 radical (unpaired) electrons. The lowest BCUT2D eigenvalue weighted by molar-refractivity contribution is -0.127. The predicted molar refractivity (Wildman–Crippen MR) is 62.6 cm³/mol. The largest absolute Gasteiger partial charge is 0.337 e. The van der Waals surface area contributed by atoms with Gasteiger partial charge in [0, 0.05) is 31.8 Å². The first-order valence-corrected chi connectivity index (χ1v) is 5.63. The normalized spacial score (nSPS) is 13.2. The monoisotopic (exact) mass is 232 g/mol. The summed E-state index contributed by atoms with van der Waals surface area (Å²) in [7, 11) is 0. The lowest BCUT2D eigenvalue weighted by Crippen LogP contribution is -2.39. The van der Waals surface area contributed by atoms with Gasteiger partial charge >= 0.3 is 0 Å². The van der Waals surface area contributed by atoms with Crippen molar-refractivity contribution in [3.05, 3.63) is 11.1 Å². The van der Waals surface area contributed by atoms with Gasteiger partial charge in [-0.15, -0.1) is 0 Å². The van der Waals surface area contributed by atoms with Crippen molar-refractivity contribution in [3.8, 4) is 12.1 Å². The van der Waals surface area contributed by atoms with E-state index in [2.05, 4.69) is 5.32 Å². The third-order valence-electron chi connectivity index (χ3n) is 2.80. The van der Waals surface area contributed by atoms with Crippen LogP contribution < -0.4 is 5.32 Å². The molecule has 17 heavy (non-hydrogen) atoms. The Balaban J connectivity index is 2.65. The van der Waals surface area contributed by atoms with Gasteiger partial charge in [0.05, 0.1) is 25.0 Å². The van der Waals surface area contributed by atoms with Crippen molar-refractivity contribution in [1.29, 1.82) is 10.5 Å². The topological polar surface area (TPSA) is 79.9 Å². The maximum atomic E-state index is 12.1. The summed E-state index contributed by atoms with van der Waals surface area (Å²) in [4.78, 5) is 13.7. The Bertz CT molecular complexity index is 376. The Kier molecular flexibility index (Phi) is 5.19. The lowest BCUT2D eigenvalue weighted by Gasteiger charge is -2.26. The molecule has 0 bridgehead atoms. The van der Waals surface area contributed by atoms with Crippen molar-refractivity contribution < 1.29 is 4.79 Å². The molecule has 0 aliphatic carbocycles. The molecule has 90 valence electrons. The van der Waals surface area contributed by atoms with Crippen LogP contribution in [-0.4, -0.2) is 37.0 Å². The van der Waals surface area contributed by atoms with Gasteiger partial charge in [0.15, 0.2) is 0 Å². The average Bonchev–Trinajstić information content (AvgIpc) is 2.26. The van der Waals surface area contributed by atoms with Crippen molar-refractivity contribution in [2.45, 2.75) is 19.8 Å². The van der Waals surface area contributed by atoms with Gasteiger partial charge in [-0.05, 0) is 12.5 Å². The molecule has 1 aliphatic heterocycles. The van der Waals surface area contributed by atoms with Crippen molar-refractivity contribution in [2.75, 3.05) is 26.2 Å². The van der Waals surface area contributed by atoms with Crippen LogP contribution in [0, 0.1) is 22.7 Å². The number of nitriles is 2. The van der Waals surface area contributed by atoms with Gasteiger partial charge in [0.2, 0.25) is 5.91 Å². The molecule has 0 atom stereocenters. The van der Waals surface area contributed by atoms with Gasteiger partial charge < -0.3 is 10.2 Å². The van der Waals surface area contributed by atoms with Crippen molar-refractivity contribution in [3.63, 3.8) is 0 Å². The summed E-state index contributed by atoms with van der Waals surface area (Å²) in [6.07, 6.45) is 0.607. The van der Waals surface area contributed by atoms with Gasteiger partial charge in [-0.2, -0.15) is 10.5 Å². The third-order valence-corrected chi connectivity index (χ3v) is 2.80. The van der Waals surface area contributed by atoms with Crippen LogP contribution >= 0.6 is 0 Å². The van der Waals surface area contributed by atoms with E-state index in [0.717, 1.165) is 24.2 Å². The second kappa shape index (κ2) is 6.67. The Morgan fingerprint density at radius 2 is 1.82 bits per heavy atom. The molecule has 1 heterocycles. The predicted octanol–water partition coefficient (Wildman–Crippen LogP) is 0.562. The van der Waals surface area contributed by atoms with Crippen LogP contribution in [0.5, 0.6) is 0 Å². The minimum absolute atomic E-state index is 0.0491. The van der Waals surface area contributed by atoms with E-state index in [1.54, 1.807) is 4.90 Å². The summed E-state index contributed by atoms with van der Waals surface area (Å²) in [6.45, 7) is 4.14. The number of rotatable bonds is 5. The minimum Gasteiger partial charge on any atom is -0.337 e. The SMILES string of the molecule is CC(C(=O)N(CCC#N)CCC#N)=C1CNC1. The number of nitrogens with one attached hydrogen (secondary N) is 1. The molecule has 5 heteroatoms. The summed E-state index contributed by atoms with van der Waals surface area (Å²) in [5.74, 6) is -0.0491. The van der Waals surface area contributed by atoms with Crippen LogP contribution in [0.4, 0.5) is 0 Å². The number of carbonyl (C=O) groups excluding carboxylic acids is 1. The van der Waals surface area contributed by atoms with Crippen molar-refractivity contribution in [1.82, 2.24) is 10.2 Å². The summed E-state index contributed by atoms with van der Waals surface area (Å²) >= 11 is 0. The molecule has 1 amide bonds. The number of amides is 1. The van der Waals surface area contributed by atoms with Gasteiger partial charge in [-0.1, -0.05) is 0 Å². The van der Waals surface area contributed by atoms with Gasteiger partial charge in [-0.25, -0.2) is 0 Å². The molecule has 1 aliphatic rings.